The average Bonchev–Trinajstić information content (AvgIpc) is 1.68. The zero-order valence-corrected chi connectivity index (χ0v) is 81.9. The van der Waals surface area contributed by atoms with Gasteiger partial charge in [0, 0.05) is 93.8 Å². The van der Waals surface area contributed by atoms with Gasteiger partial charge in [-0.3, -0.25) is 0 Å². The number of rotatable bonds is 12. The molecule has 0 saturated heterocycles. The second-order valence-electron chi connectivity index (χ2n) is 38.4. The molecule has 0 radical (unpaired) electrons. The van der Waals surface area contributed by atoms with Crippen molar-refractivity contribution < 1.29 is 0 Å². The van der Waals surface area contributed by atoms with Gasteiger partial charge in [-0.25, -0.2) is 49.8 Å². The highest BCUT2D eigenvalue weighted by Crippen LogP contribution is 2.54. The summed E-state index contributed by atoms with van der Waals surface area (Å²) in [5.74, 6) is 3.38. The van der Waals surface area contributed by atoms with E-state index in [2.05, 4.69) is 367 Å². The predicted molar refractivity (Wildman–Crippen MR) is 606 cm³/mol. The van der Waals surface area contributed by atoms with E-state index in [4.69, 9.17) is 49.8 Å². The Kier molecular flexibility index (Phi) is 21.0. The fourth-order valence-corrected chi connectivity index (χ4v) is 24.4. The summed E-state index contributed by atoms with van der Waals surface area (Å²) in [6.07, 6.45) is 0. The molecule has 10 nitrogen and oxygen atoms in total. The van der Waals surface area contributed by atoms with Crippen LogP contribution in [-0.2, 0) is 10.8 Å². The lowest BCUT2D eigenvalue weighted by molar-refractivity contribution is 0.660. The molecular formula is C132H86N10S3. The number of hydrogen-bond acceptors (Lipinski definition) is 13. The number of thiazole rings is 3. The lowest BCUT2D eigenvalue weighted by Gasteiger charge is -2.21. The molecule has 29 rings (SSSR count). The first-order valence-electron chi connectivity index (χ1n) is 48.9. The van der Waals surface area contributed by atoms with Gasteiger partial charge in [-0.1, -0.05) is 410 Å². The molecule has 21 aromatic carbocycles. The summed E-state index contributed by atoms with van der Waals surface area (Å²) in [5, 5.41) is 19.6. The van der Waals surface area contributed by atoms with E-state index in [-0.39, 0.29) is 10.8 Å². The molecule has 6 aromatic heterocycles. The van der Waals surface area contributed by atoms with E-state index in [0.29, 0.717) is 29.1 Å². The van der Waals surface area contributed by atoms with Crippen molar-refractivity contribution >= 4 is 140 Å². The van der Waals surface area contributed by atoms with Crippen molar-refractivity contribution in [3.05, 3.63) is 471 Å². The van der Waals surface area contributed by atoms with Gasteiger partial charge in [-0.2, -0.15) is 0 Å². The molecule has 145 heavy (non-hydrogen) atoms. The molecule has 0 N–H and O–H groups in total. The number of hydrogen-bond donors (Lipinski definition) is 0. The average molecular weight is 1910 g/mol. The maximum atomic E-state index is 5.35. The Hall–Kier alpha value is -17.7. The van der Waals surface area contributed by atoms with E-state index < -0.39 is 0 Å². The summed E-state index contributed by atoms with van der Waals surface area (Å²) in [7, 11) is 0. The fourth-order valence-electron chi connectivity index (χ4n) is 21.5. The van der Waals surface area contributed by atoms with Crippen LogP contribution in [0.4, 0.5) is 0 Å². The van der Waals surface area contributed by atoms with E-state index in [0.717, 1.165) is 126 Å². The van der Waals surface area contributed by atoms with E-state index >= 15 is 0 Å². The third-order valence-corrected chi connectivity index (χ3v) is 32.1. The maximum absolute atomic E-state index is 5.35. The van der Waals surface area contributed by atoms with Crippen LogP contribution in [0.15, 0.2) is 449 Å². The molecule has 0 bridgehead atoms. The van der Waals surface area contributed by atoms with Gasteiger partial charge in [0.25, 0.3) is 0 Å². The van der Waals surface area contributed by atoms with Crippen LogP contribution in [0.2, 0.25) is 0 Å². The van der Waals surface area contributed by atoms with Crippen LogP contribution in [0.5, 0.6) is 0 Å². The van der Waals surface area contributed by atoms with Gasteiger partial charge in [0.2, 0.25) is 0 Å². The number of aromatic nitrogens is 10. The largest absolute Gasteiger partial charge is 0.235 e. The minimum atomic E-state index is -0.0541. The Morgan fingerprint density at radius 2 is 0.421 bits per heavy atom. The Balaban J connectivity index is 0.000000108. The smallest absolute Gasteiger partial charge is 0.164 e. The van der Waals surface area contributed by atoms with Crippen LogP contribution in [0.25, 0.3) is 262 Å². The van der Waals surface area contributed by atoms with Gasteiger partial charge in [0.05, 0.1) is 53.4 Å². The van der Waals surface area contributed by atoms with Gasteiger partial charge in [-0.15, -0.1) is 34.0 Å². The number of fused-ring (bicyclic) bond motifs is 22. The highest BCUT2D eigenvalue weighted by atomic mass is 32.1. The first kappa shape index (κ1) is 86.4. The minimum absolute atomic E-state index is 0.0502. The Bertz CT molecular complexity index is 9340. The topological polar surface area (TPSA) is 129 Å². The molecular weight excluding hydrogens is 1820 g/mol. The number of nitrogens with zero attached hydrogens (tertiary/aromatic N) is 10. The Morgan fingerprint density at radius 3 is 0.779 bits per heavy atom. The summed E-state index contributed by atoms with van der Waals surface area (Å²) in [6.45, 7) is 9.32. The zero-order chi connectivity index (χ0) is 96.5. The molecule has 13 heteroatoms. The van der Waals surface area contributed by atoms with Crippen molar-refractivity contribution in [1.82, 2.24) is 49.8 Å². The van der Waals surface area contributed by atoms with Gasteiger partial charge in [-0.05, 0) is 170 Å². The lowest BCUT2D eigenvalue weighted by Crippen LogP contribution is -2.14. The van der Waals surface area contributed by atoms with Crippen molar-refractivity contribution in [2.24, 2.45) is 0 Å². The molecule has 682 valence electrons. The molecule has 0 atom stereocenters. The fraction of sp³-hybridized carbons (Fsp3) is 0.0455. The van der Waals surface area contributed by atoms with Gasteiger partial charge >= 0.3 is 0 Å². The Labute approximate surface area is 848 Å². The van der Waals surface area contributed by atoms with Crippen molar-refractivity contribution in [2.75, 3.05) is 0 Å². The summed E-state index contributed by atoms with van der Waals surface area (Å²) in [6, 6.07) is 158. The molecule has 2 aliphatic carbocycles. The predicted octanol–water partition coefficient (Wildman–Crippen LogP) is 35.3. The quantitative estimate of drug-likeness (QED) is 0.109. The highest BCUT2D eigenvalue weighted by molar-refractivity contribution is 7.22. The maximum Gasteiger partial charge on any atom is 0.164 e. The molecule has 0 spiro atoms. The summed E-state index contributed by atoms with van der Waals surface area (Å²) in [4.78, 5) is 51.0. The third kappa shape index (κ3) is 15.5. The minimum Gasteiger partial charge on any atom is -0.235 e. The van der Waals surface area contributed by atoms with Crippen LogP contribution in [0, 0.1) is 0 Å². The lowest BCUT2D eigenvalue weighted by atomic mass is 9.82. The second-order valence-corrected chi connectivity index (χ2v) is 41.5. The van der Waals surface area contributed by atoms with Crippen LogP contribution >= 0.6 is 34.0 Å². The second kappa shape index (κ2) is 35.2. The van der Waals surface area contributed by atoms with Gasteiger partial charge in [0.15, 0.2) is 29.1 Å². The summed E-state index contributed by atoms with van der Waals surface area (Å²) < 4.78 is 3.57. The number of benzene rings is 21. The first-order chi connectivity index (χ1) is 71.3. The summed E-state index contributed by atoms with van der Waals surface area (Å²) in [5.41, 5.74) is 30.1. The van der Waals surface area contributed by atoms with Crippen LogP contribution in [0.1, 0.15) is 49.9 Å². The van der Waals surface area contributed by atoms with Crippen molar-refractivity contribution in [1.29, 1.82) is 0 Å². The molecule has 6 heterocycles. The third-order valence-electron chi connectivity index (χ3n) is 28.9. The SMILES string of the molecule is CC1(C)c2ccccc2-c2ccc(-c3nc4c(ccc5ccc6cc(-c7nc(-c8ccccc8)cc(-c8ccccc8)n7)ccc6c54)s3)cc21.CC1(C)c2ccccc2-c2ccc(-c3nc4c(ccc5ccc6cc(-c7nc(-c8ccccc8)nc(-c8ccccc8)n7)ccc6c54)s3)cc21.c1ccc(-c2cc(-c3ccccc3)nc(-c3ccc4c(ccc5ccc6sc(-c7ccc8ccccc8c7)nc6c54)c3)n2)cc1. The Morgan fingerprint density at radius 1 is 0.166 bits per heavy atom. The molecule has 2 aliphatic rings. The molecule has 0 unspecified atom stereocenters. The van der Waals surface area contributed by atoms with Crippen molar-refractivity contribution in [3.8, 4) is 156 Å². The van der Waals surface area contributed by atoms with E-state index in [1.165, 1.54) is 129 Å². The van der Waals surface area contributed by atoms with E-state index in [1.807, 2.05) is 109 Å². The molecule has 0 aliphatic heterocycles. The first-order valence-corrected chi connectivity index (χ1v) is 51.4. The molecule has 27 aromatic rings. The van der Waals surface area contributed by atoms with Crippen molar-refractivity contribution in [2.45, 2.75) is 38.5 Å². The van der Waals surface area contributed by atoms with Crippen molar-refractivity contribution in [3.63, 3.8) is 0 Å². The molecule has 0 saturated carbocycles. The standard InChI is InChI=1S/C46H31N3S.C45H30N4S.C41H25N3S/c1-46(2)37-16-10-9-15-35(37)36-23-20-33(26-38(36)46)45-49-43-41(50-45)24-21-30-17-18-31-25-32(19-22-34(31)42(30)43)44-47-39(28-11-5-3-6-12-28)27-40(48-44)29-13-7-4-8-14-29;1-45(2)36-16-10-9-15-34(36)35-23-20-32(26-37(35)45)44-46-40-38(50-44)24-21-27-17-18-30-25-31(19-22-33(30)39(27)40)43-48-41(28-11-5-3-6-12-28)47-42(49-43)29-13-7-4-8-14-29;1-3-10-27(11-4-1)35-25-36(28-12-5-2-6-13-28)43-40(42-35)32-19-21-34-31(24-32)17-16-29-20-22-37-39(38(29)34)44-41(45-37)33-18-15-26-9-7-8-14-30(26)23-33/h3-27H,1-2H3;3-26H,1-2H3;1-25H. The molecule has 0 amide bonds. The molecule has 0 fully saturated rings. The zero-order valence-electron chi connectivity index (χ0n) is 79.4. The van der Waals surface area contributed by atoms with Crippen LogP contribution < -0.4 is 0 Å². The van der Waals surface area contributed by atoms with E-state index in [9.17, 15) is 0 Å². The van der Waals surface area contributed by atoms with E-state index in [1.54, 1.807) is 34.0 Å². The van der Waals surface area contributed by atoms with Gasteiger partial charge < -0.3 is 0 Å². The highest BCUT2D eigenvalue weighted by Gasteiger charge is 2.38. The van der Waals surface area contributed by atoms with Crippen LogP contribution in [-0.4, -0.2) is 49.8 Å². The van der Waals surface area contributed by atoms with Crippen LogP contribution in [0.3, 0.4) is 0 Å². The van der Waals surface area contributed by atoms with Gasteiger partial charge in [0.1, 0.15) is 15.0 Å². The normalized spacial score (nSPS) is 12.7. The monoisotopic (exact) mass is 1910 g/mol. The summed E-state index contributed by atoms with van der Waals surface area (Å²) >= 11 is 5.29.